The van der Waals surface area contributed by atoms with Crippen LogP contribution in [0.3, 0.4) is 0 Å². The Bertz CT molecular complexity index is 2140. The van der Waals surface area contributed by atoms with Crippen LogP contribution < -0.4 is 4.90 Å². The van der Waals surface area contributed by atoms with Gasteiger partial charge in [0.1, 0.15) is 0 Å². The van der Waals surface area contributed by atoms with E-state index in [-0.39, 0.29) is 0 Å². The molecule has 7 aromatic carbocycles. The van der Waals surface area contributed by atoms with Crippen molar-refractivity contribution in [3.8, 4) is 0 Å². The molecule has 0 saturated carbocycles. The fourth-order valence-electron chi connectivity index (χ4n) is 5.88. The molecule has 1 aromatic heterocycles. The van der Waals surface area contributed by atoms with E-state index in [9.17, 15) is 0 Å². The highest BCUT2D eigenvalue weighted by atomic mass is 32.1. The maximum atomic E-state index is 2.43. The normalized spacial score (nSPS) is 11.7. The van der Waals surface area contributed by atoms with Crippen LogP contribution in [0.5, 0.6) is 0 Å². The predicted molar refractivity (Wildman–Crippen MR) is 167 cm³/mol. The second-order valence-corrected chi connectivity index (χ2v) is 10.9. The smallest absolute Gasteiger partial charge is 0.0546 e. The van der Waals surface area contributed by atoms with Crippen LogP contribution >= 0.6 is 11.3 Å². The molecular formula is C36H23NS. The average molecular weight is 502 g/mol. The summed E-state index contributed by atoms with van der Waals surface area (Å²) in [6.07, 6.45) is 0. The Kier molecular flexibility index (Phi) is 4.76. The Morgan fingerprint density at radius 2 is 1.03 bits per heavy atom. The van der Waals surface area contributed by atoms with Gasteiger partial charge in [-0.15, -0.1) is 11.3 Å². The summed E-state index contributed by atoms with van der Waals surface area (Å²) < 4.78 is 2.64. The van der Waals surface area contributed by atoms with E-state index in [4.69, 9.17) is 0 Å². The molecule has 0 atom stereocenters. The molecule has 1 heterocycles. The quantitative estimate of drug-likeness (QED) is 0.218. The maximum Gasteiger partial charge on any atom is 0.0546 e. The molecule has 0 saturated heterocycles. The molecule has 0 aliphatic heterocycles. The van der Waals surface area contributed by atoms with E-state index in [1.54, 1.807) is 0 Å². The highest BCUT2D eigenvalue weighted by Gasteiger charge is 2.19. The van der Waals surface area contributed by atoms with E-state index in [0.717, 1.165) is 11.4 Å². The van der Waals surface area contributed by atoms with Gasteiger partial charge in [0.25, 0.3) is 0 Å². The fraction of sp³-hybridized carbons (Fsp3) is 0. The van der Waals surface area contributed by atoms with Gasteiger partial charge >= 0.3 is 0 Å². The van der Waals surface area contributed by atoms with Gasteiger partial charge in [0.05, 0.1) is 5.69 Å². The molecule has 0 N–H and O–H groups in total. The van der Waals surface area contributed by atoms with Crippen LogP contribution in [0.25, 0.3) is 52.5 Å². The standard InChI is InChI=1S/C36H23NS/c1-2-11-25(12-3-1)37(26-19-21-36-33(22-26)31-16-8-9-17-35(31)38-36)34-23-32-27-13-5-4-10-24(27)18-20-29(32)28-14-6-7-15-30(28)34/h1-23H. The zero-order valence-corrected chi connectivity index (χ0v) is 21.5. The van der Waals surface area contributed by atoms with Crippen molar-refractivity contribution in [1.82, 2.24) is 0 Å². The minimum Gasteiger partial charge on any atom is -0.310 e. The van der Waals surface area contributed by atoms with E-state index < -0.39 is 0 Å². The van der Waals surface area contributed by atoms with Gasteiger partial charge in [0.2, 0.25) is 0 Å². The third kappa shape index (κ3) is 3.24. The molecule has 8 aromatic rings. The van der Waals surface area contributed by atoms with Gasteiger partial charge in [-0.3, -0.25) is 0 Å². The molecule has 0 amide bonds. The molecule has 0 radical (unpaired) electrons. The predicted octanol–water partition coefficient (Wildman–Crippen LogP) is 11.0. The van der Waals surface area contributed by atoms with Crippen molar-refractivity contribution < 1.29 is 0 Å². The van der Waals surface area contributed by atoms with E-state index in [2.05, 4.69) is 144 Å². The Morgan fingerprint density at radius 3 is 1.89 bits per heavy atom. The lowest BCUT2D eigenvalue weighted by atomic mass is 9.95. The summed E-state index contributed by atoms with van der Waals surface area (Å²) in [5, 5.41) is 10.2. The van der Waals surface area contributed by atoms with Gasteiger partial charge in [-0.25, -0.2) is 0 Å². The monoisotopic (exact) mass is 501 g/mol. The summed E-state index contributed by atoms with van der Waals surface area (Å²) in [6.45, 7) is 0. The van der Waals surface area contributed by atoms with Gasteiger partial charge in [0.15, 0.2) is 0 Å². The van der Waals surface area contributed by atoms with E-state index in [0.29, 0.717) is 0 Å². The summed E-state index contributed by atoms with van der Waals surface area (Å²) >= 11 is 1.86. The second-order valence-electron chi connectivity index (χ2n) is 9.77. The zero-order chi connectivity index (χ0) is 25.1. The zero-order valence-electron chi connectivity index (χ0n) is 20.6. The van der Waals surface area contributed by atoms with Crippen molar-refractivity contribution in [2.75, 3.05) is 4.90 Å². The van der Waals surface area contributed by atoms with E-state index in [1.807, 2.05) is 11.3 Å². The molecule has 0 aliphatic carbocycles. The van der Waals surface area contributed by atoms with Crippen LogP contribution in [-0.2, 0) is 0 Å². The van der Waals surface area contributed by atoms with Crippen molar-refractivity contribution in [3.05, 3.63) is 140 Å². The van der Waals surface area contributed by atoms with Crippen LogP contribution in [-0.4, -0.2) is 0 Å². The first-order valence-corrected chi connectivity index (χ1v) is 13.8. The summed E-state index contributed by atoms with van der Waals surface area (Å²) in [4.78, 5) is 2.43. The largest absolute Gasteiger partial charge is 0.310 e. The minimum atomic E-state index is 1.15. The molecule has 8 rings (SSSR count). The van der Waals surface area contributed by atoms with E-state index in [1.165, 1.54) is 58.2 Å². The topological polar surface area (TPSA) is 3.24 Å². The Labute approximate surface area is 224 Å². The lowest BCUT2D eigenvalue weighted by Crippen LogP contribution is -2.10. The number of para-hydroxylation sites is 1. The number of hydrogen-bond acceptors (Lipinski definition) is 2. The highest BCUT2D eigenvalue weighted by molar-refractivity contribution is 7.25. The first kappa shape index (κ1) is 21.4. The number of hydrogen-bond donors (Lipinski definition) is 0. The fourth-order valence-corrected chi connectivity index (χ4v) is 6.97. The molecule has 0 aliphatic rings. The molecule has 178 valence electrons. The SMILES string of the molecule is c1ccc(N(c2ccc3sc4ccccc4c3c2)c2cc3c4ccccc4ccc3c3ccccc23)cc1. The van der Waals surface area contributed by atoms with Crippen molar-refractivity contribution in [1.29, 1.82) is 0 Å². The summed E-state index contributed by atoms with van der Waals surface area (Å²) in [5.74, 6) is 0. The molecule has 0 unspecified atom stereocenters. The van der Waals surface area contributed by atoms with Crippen LogP contribution in [0.1, 0.15) is 0 Å². The Hall–Kier alpha value is -4.66. The summed E-state index contributed by atoms with van der Waals surface area (Å²) in [7, 11) is 0. The summed E-state index contributed by atoms with van der Waals surface area (Å²) in [6, 6.07) is 50.8. The molecule has 1 nitrogen and oxygen atoms in total. The molecule has 2 heteroatoms. The molecule has 38 heavy (non-hydrogen) atoms. The van der Waals surface area contributed by atoms with Gasteiger partial charge in [-0.2, -0.15) is 0 Å². The Morgan fingerprint density at radius 1 is 0.368 bits per heavy atom. The van der Waals surface area contributed by atoms with E-state index >= 15 is 0 Å². The number of benzene rings is 7. The van der Waals surface area contributed by atoms with Gasteiger partial charge in [0, 0.05) is 36.9 Å². The number of fused-ring (bicyclic) bond motifs is 8. The number of thiophene rings is 1. The minimum absolute atomic E-state index is 1.15. The van der Waals surface area contributed by atoms with Crippen LogP contribution in [0.4, 0.5) is 17.1 Å². The third-order valence-corrected chi connectivity index (χ3v) is 8.77. The van der Waals surface area contributed by atoms with Gasteiger partial charge in [-0.05, 0) is 69.4 Å². The van der Waals surface area contributed by atoms with Gasteiger partial charge < -0.3 is 4.90 Å². The lowest BCUT2D eigenvalue weighted by Gasteiger charge is -2.28. The first-order valence-electron chi connectivity index (χ1n) is 12.9. The first-order chi connectivity index (χ1) is 18.8. The van der Waals surface area contributed by atoms with Crippen molar-refractivity contribution in [2.45, 2.75) is 0 Å². The number of anilines is 3. The number of rotatable bonds is 3. The van der Waals surface area contributed by atoms with Crippen LogP contribution in [0.2, 0.25) is 0 Å². The summed E-state index contributed by atoms with van der Waals surface area (Å²) in [5.41, 5.74) is 3.50. The van der Waals surface area contributed by atoms with Crippen LogP contribution in [0.15, 0.2) is 140 Å². The third-order valence-electron chi connectivity index (χ3n) is 7.62. The second kappa shape index (κ2) is 8.44. The van der Waals surface area contributed by atoms with Crippen molar-refractivity contribution in [3.63, 3.8) is 0 Å². The Balaban J connectivity index is 1.49. The molecule has 0 spiro atoms. The molecular weight excluding hydrogens is 478 g/mol. The van der Waals surface area contributed by atoms with Crippen molar-refractivity contribution in [2.24, 2.45) is 0 Å². The maximum absolute atomic E-state index is 2.43. The molecule has 0 bridgehead atoms. The van der Waals surface area contributed by atoms with Crippen molar-refractivity contribution >= 4 is 80.9 Å². The van der Waals surface area contributed by atoms with Crippen LogP contribution in [0, 0.1) is 0 Å². The average Bonchev–Trinajstić information content (AvgIpc) is 3.36. The lowest BCUT2D eigenvalue weighted by molar-refractivity contribution is 1.31. The highest BCUT2D eigenvalue weighted by Crippen LogP contribution is 2.45. The molecule has 0 fully saturated rings. The van der Waals surface area contributed by atoms with Gasteiger partial charge in [-0.1, -0.05) is 97.1 Å². The number of nitrogens with zero attached hydrogens (tertiary/aromatic N) is 1.